The number of ether oxygens (including phenoxy) is 1. The van der Waals surface area contributed by atoms with E-state index in [0.29, 0.717) is 30.3 Å². The minimum absolute atomic E-state index is 0.293. The van der Waals surface area contributed by atoms with Crippen LogP contribution in [-0.4, -0.2) is 24.9 Å². The molecule has 0 amide bonds. The van der Waals surface area contributed by atoms with Crippen molar-refractivity contribution in [3.8, 4) is 0 Å². The first-order chi connectivity index (χ1) is 7.04. The fourth-order valence-electron chi connectivity index (χ4n) is 2.60. The SMILES string of the molecule is CCOCC[C@@H](C)[C@@H](C(C)C)[C@H](C)CO. The first kappa shape index (κ1) is 14.9. The second kappa shape index (κ2) is 8.12. The molecule has 0 rings (SSSR count). The highest BCUT2D eigenvalue weighted by Gasteiger charge is 2.25. The molecular formula is C13H28O2. The molecule has 92 valence electrons. The molecule has 2 heteroatoms. The van der Waals surface area contributed by atoms with Crippen LogP contribution in [0.5, 0.6) is 0 Å². The number of hydrogen-bond acceptors (Lipinski definition) is 2. The third-order valence-corrected chi connectivity index (χ3v) is 3.29. The summed E-state index contributed by atoms with van der Waals surface area (Å²) in [5, 5.41) is 9.24. The van der Waals surface area contributed by atoms with E-state index in [1.807, 2.05) is 6.92 Å². The zero-order valence-corrected chi connectivity index (χ0v) is 11.0. The maximum absolute atomic E-state index is 9.24. The van der Waals surface area contributed by atoms with Gasteiger partial charge in [0, 0.05) is 19.8 Å². The van der Waals surface area contributed by atoms with E-state index in [9.17, 15) is 5.11 Å². The lowest BCUT2D eigenvalue weighted by atomic mass is 9.75. The summed E-state index contributed by atoms with van der Waals surface area (Å²) in [7, 11) is 0. The minimum Gasteiger partial charge on any atom is -0.396 e. The summed E-state index contributed by atoms with van der Waals surface area (Å²) in [6.45, 7) is 12.9. The summed E-state index contributed by atoms with van der Waals surface area (Å²) in [5.41, 5.74) is 0. The average molecular weight is 216 g/mol. The van der Waals surface area contributed by atoms with Crippen molar-refractivity contribution in [2.24, 2.45) is 23.7 Å². The van der Waals surface area contributed by atoms with Crippen molar-refractivity contribution in [1.82, 2.24) is 0 Å². The molecule has 0 bridgehead atoms. The molecule has 2 nitrogen and oxygen atoms in total. The van der Waals surface area contributed by atoms with Crippen LogP contribution in [0.15, 0.2) is 0 Å². The standard InChI is InChI=1S/C13H28O2/c1-6-15-8-7-11(4)13(10(2)3)12(5)9-14/h10-14H,6-9H2,1-5H3/t11-,12-,13-/m1/s1. The average Bonchev–Trinajstić information content (AvgIpc) is 2.17. The second-order valence-electron chi connectivity index (χ2n) is 4.94. The van der Waals surface area contributed by atoms with E-state index >= 15 is 0 Å². The van der Waals surface area contributed by atoms with Crippen LogP contribution < -0.4 is 0 Å². The summed E-state index contributed by atoms with van der Waals surface area (Å²) in [4.78, 5) is 0. The van der Waals surface area contributed by atoms with Crippen LogP contribution in [0.1, 0.15) is 41.0 Å². The molecule has 0 heterocycles. The van der Waals surface area contributed by atoms with Crippen LogP contribution in [0.4, 0.5) is 0 Å². The van der Waals surface area contributed by atoms with Crippen LogP contribution in [0.3, 0.4) is 0 Å². The van der Waals surface area contributed by atoms with Gasteiger partial charge in [-0.15, -0.1) is 0 Å². The van der Waals surface area contributed by atoms with Crippen LogP contribution >= 0.6 is 0 Å². The van der Waals surface area contributed by atoms with Gasteiger partial charge >= 0.3 is 0 Å². The van der Waals surface area contributed by atoms with Gasteiger partial charge in [0.15, 0.2) is 0 Å². The van der Waals surface area contributed by atoms with Crippen molar-refractivity contribution in [2.45, 2.75) is 41.0 Å². The van der Waals surface area contributed by atoms with Gasteiger partial charge in [-0.25, -0.2) is 0 Å². The minimum atomic E-state index is 0.293. The van der Waals surface area contributed by atoms with E-state index in [1.165, 1.54) is 0 Å². The van der Waals surface area contributed by atoms with Crippen LogP contribution in [0.25, 0.3) is 0 Å². The number of hydrogen-bond donors (Lipinski definition) is 1. The highest BCUT2D eigenvalue weighted by molar-refractivity contribution is 4.74. The molecule has 0 fully saturated rings. The zero-order chi connectivity index (χ0) is 11.8. The van der Waals surface area contributed by atoms with Gasteiger partial charge in [0.25, 0.3) is 0 Å². The lowest BCUT2D eigenvalue weighted by Gasteiger charge is -2.32. The Morgan fingerprint density at radius 1 is 1.07 bits per heavy atom. The fourth-order valence-corrected chi connectivity index (χ4v) is 2.60. The van der Waals surface area contributed by atoms with Crippen LogP contribution in [-0.2, 0) is 4.74 Å². The van der Waals surface area contributed by atoms with E-state index in [0.717, 1.165) is 19.6 Å². The predicted octanol–water partition coefficient (Wildman–Crippen LogP) is 2.95. The molecule has 1 N–H and O–H groups in total. The largest absolute Gasteiger partial charge is 0.396 e. The molecule has 0 unspecified atom stereocenters. The van der Waals surface area contributed by atoms with Crippen LogP contribution in [0.2, 0.25) is 0 Å². The smallest absolute Gasteiger partial charge is 0.0468 e. The fraction of sp³-hybridized carbons (Fsp3) is 1.00. The molecule has 0 saturated heterocycles. The zero-order valence-electron chi connectivity index (χ0n) is 11.0. The van der Waals surface area contributed by atoms with E-state index < -0.39 is 0 Å². The van der Waals surface area contributed by atoms with Crippen LogP contribution in [0, 0.1) is 23.7 Å². The molecule has 0 spiro atoms. The molecule has 0 aromatic heterocycles. The summed E-state index contributed by atoms with van der Waals surface area (Å²) in [5.74, 6) is 2.24. The molecule has 0 aromatic rings. The van der Waals surface area contributed by atoms with Crippen molar-refractivity contribution in [1.29, 1.82) is 0 Å². The van der Waals surface area contributed by atoms with Gasteiger partial charge in [-0.3, -0.25) is 0 Å². The third kappa shape index (κ3) is 5.53. The second-order valence-corrected chi connectivity index (χ2v) is 4.94. The third-order valence-electron chi connectivity index (χ3n) is 3.29. The molecular weight excluding hydrogens is 188 g/mol. The molecule has 0 aliphatic rings. The first-order valence-electron chi connectivity index (χ1n) is 6.23. The Bertz CT molecular complexity index is 145. The molecule has 3 atom stereocenters. The Balaban J connectivity index is 4.10. The van der Waals surface area contributed by atoms with Crippen molar-refractivity contribution in [3.63, 3.8) is 0 Å². The lowest BCUT2D eigenvalue weighted by Crippen LogP contribution is -2.28. The maximum Gasteiger partial charge on any atom is 0.0468 e. The van der Waals surface area contributed by atoms with E-state index in [1.54, 1.807) is 0 Å². The molecule has 0 saturated carbocycles. The highest BCUT2D eigenvalue weighted by Crippen LogP contribution is 2.30. The van der Waals surface area contributed by atoms with Crippen molar-refractivity contribution >= 4 is 0 Å². The van der Waals surface area contributed by atoms with Gasteiger partial charge in [0.05, 0.1) is 0 Å². The van der Waals surface area contributed by atoms with Gasteiger partial charge in [-0.05, 0) is 37.0 Å². The monoisotopic (exact) mass is 216 g/mol. The number of aliphatic hydroxyl groups excluding tert-OH is 1. The lowest BCUT2D eigenvalue weighted by molar-refractivity contribution is 0.0817. The van der Waals surface area contributed by atoms with E-state index in [2.05, 4.69) is 27.7 Å². The predicted molar refractivity (Wildman–Crippen MR) is 64.9 cm³/mol. The van der Waals surface area contributed by atoms with Crippen molar-refractivity contribution < 1.29 is 9.84 Å². The Kier molecular flexibility index (Phi) is 8.07. The summed E-state index contributed by atoms with van der Waals surface area (Å²) < 4.78 is 5.38. The van der Waals surface area contributed by atoms with E-state index in [-0.39, 0.29) is 0 Å². The van der Waals surface area contributed by atoms with Crippen molar-refractivity contribution in [3.05, 3.63) is 0 Å². The van der Waals surface area contributed by atoms with Gasteiger partial charge in [0.2, 0.25) is 0 Å². The van der Waals surface area contributed by atoms with Gasteiger partial charge in [-0.2, -0.15) is 0 Å². The highest BCUT2D eigenvalue weighted by atomic mass is 16.5. The topological polar surface area (TPSA) is 29.5 Å². The number of aliphatic hydroxyl groups is 1. The Labute approximate surface area is 95.0 Å². The van der Waals surface area contributed by atoms with Gasteiger partial charge in [0.1, 0.15) is 0 Å². The molecule has 0 aromatic carbocycles. The molecule has 0 aliphatic heterocycles. The first-order valence-corrected chi connectivity index (χ1v) is 6.23. The maximum atomic E-state index is 9.24. The summed E-state index contributed by atoms with van der Waals surface area (Å²) >= 11 is 0. The quantitative estimate of drug-likeness (QED) is 0.632. The Morgan fingerprint density at radius 2 is 1.67 bits per heavy atom. The normalized spacial score (nSPS) is 17.8. The summed E-state index contributed by atoms with van der Waals surface area (Å²) in [6, 6.07) is 0. The number of rotatable bonds is 8. The van der Waals surface area contributed by atoms with Crippen molar-refractivity contribution in [2.75, 3.05) is 19.8 Å². The van der Waals surface area contributed by atoms with Gasteiger partial charge < -0.3 is 9.84 Å². The van der Waals surface area contributed by atoms with E-state index in [4.69, 9.17) is 4.74 Å². The Morgan fingerprint density at radius 3 is 2.07 bits per heavy atom. The molecule has 15 heavy (non-hydrogen) atoms. The summed E-state index contributed by atoms with van der Waals surface area (Å²) in [6.07, 6.45) is 1.10. The Hall–Kier alpha value is -0.0800. The molecule has 0 radical (unpaired) electrons. The van der Waals surface area contributed by atoms with Gasteiger partial charge in [-0.1, -0.05) is 27.7 Å². The molecule has 0 aliphatic carbocycles.